The highest BCUT2D eigenvalue weighted by molar-refractivity contribution is 5.88. The second-order valence-electron chi connectivity index (χ2n) is 3.97. The minimum atomic E-state index is -1.11. The summed E-state index contributed by atoms with van der Waals surface area (Å²) in [5.41, 5.74) is 0.195. The van der Waals surface area contributed by atoms with Gasteiger partial charge in [0.2, 0.25) is 0 Å². The number of benzene rings is 1. The third-order valence-corrected chi connectivity index (χ3v) is 2.57. The maximum atomic E-state index is 11.0. The largest absolute Gasteiger partial charge is 0.478 e. The average molecular weight is 274 g/mol. The number of ether oxygens (including phenoxy) is 1. The van der Waals surface area contributed by atoms with Crippen LogP contribution in [0.15, 0.2) is 36.5 Å². The minimum Gasteiger partial charge on any atom is -0.478 e. The number of carbonyl (C=O) groups is 1. The number of aryl methyl sites for hydroxylation is 1. The number of aromatic nitrogens is 1. The summed E-state index contributed by atoms with van der Waals surface area (Å²) in [6.07, 6.45) is 1.39. The smallest absolute Gasteiger partial charge is 0.335 e. The first kappa shape index (κ1) is 13.5. The number of aromatic carboxylic acids is 1. The van der Waals surface area contributed by atoms with Crippen LogP contribution in [0.4, 0.5) is 5.69 Å². The van der Waals surface area contributed by atoms with E-state index in [0.717, 1.165) is 0 Å². The summed E-state index contributed by atoms with van der Waals surface area (Å²) in [6, 6.07) is 7.16. The van der Waals surface area contributed by atoms with Gasteiger partial charge in [-0.3, -0.25) is 10.1 Å². The summed E-state index contributed by atoms with van der Waals surface area (Å²) in [5.74, 6) is -1.11. The minimum absolute atomic E-state index is 0.0257. The normalized spacial score (nSPS) is 10.1. The zero-order valence-corrected chi connectivity index (χ0v) is 10.4. The van der Waals surface area contributed by atoms with Crippen molar-refractivity contribution < 1.29 is 19.6 Å². The van der Waals surface area contributed by atoms with Crippen molar-refractivity contribution in [2.24, 2.45) is 0 Å². The lowest BCUT2D eigenvalue weighted by molar-refractivity contribution is -0.386. The number of carboxylic acids is 1. The molecule has 0 bridgehead atoms. The van der Waals surface area contributed by atoms with Gasteiger partial charge in [-0.15, -0.1) is 0 Å². The summed E-state index contributed by atoms with van der Waals surface area (Å²) in [4.78, 5) is 25.1. The van der Waals surface area contributed by atoms with E-state index in [1.54, 1.807) is 6.92 Å². The number of rotatable bonds is 4. The Morgan fingerprint density at radius 2 is 2.15 bits per heavy atom. The molecule has 102 valence electrons. The summed E-state index contributed by atoms with van der Waals surface area (Å²) < 4.78 is 5.33. The maximum Gasteiger partial charge on any atom is 0.335 e. The summed E-state index contributed by atoms with van der Waals surface area (Å²) in [5, 5.41) is 19.9. The second kappa shape index (κ2) is 5.35. The molecule has 1 aromatic carbocycles. The van der Waals surface area contributed by atoms with Gasteiger partial charge in [0.05, 0.1) is 10.5 Å². The van der Waals surface area contributed by atoms with Crippen molar-refractivity contribution in [3.8, 4) is 11.6 Å². The molecule has 0 aliphatic heterocycles. The molecule has 7 nitrogen and oxygen atoms in total. The zero-order chi connectivity index (χ0) is 14.7. The van der Waals surface area contributed by atoms with E-state index in [0.29, 0.717) is 5.56 Å². The Balaban J connectivity index is 2.40. The molecule has 0 unspecified atom stereocenters. The lowest BCUT2D eigenvalue weighted by Crippen LogP contribution is -2.00. The van der Waals surface area contributed by atoms with E-state index in [9.17, 15) is 14.9 Å². The standard InChI is InChI=1S/C13H10N2O5/c1-8-5-6-14-12(11(8)15(18)19)20-10-4-2-3-9(7-10)13(16)17/h2-7H,1H3,(H,16,17). The Bertz CT molecular complexity index is 684. The van der Waals surface area contributed by atoms with Crippen LogP contribution in [-0.4, -0.2) is 21.0 Å². The molecular weight excluding hydrogens is 264 g/mol. The van der Waals surface area contributed by atoms with E-state index in [1.807, 2.05) is 0 Å². The van der Waals surface area contributed by atoms with Crippen LogP contribution < -0.4 is 4.74 Å². The van der Waals surface area contributed by atoms with E-state index >= 15 is 0 Å². The first-order valence-electron chi connectivity index (χ1n) is 5.60. The molecule has 2 aromatic rings. The average Bonchev–Trinajstić information content (AvgIpc) is 2.38. The van der Waals surface area contributed by atoms with Crippen LogP contribution in [-0.2, 0) is 0 Å². The molecule has 7 heteroatoms. The molecule has 1 aromatic heterocycles. The fraction of sp³-hybridized carbons (Fsp3) is 0.0769. The quantitative estimate of drug-likeness (QED) is 0.679. The predicted octanol–water partition coefficient (Wildman–Crippen LogP) is 2.79. The molecule has 0 aliphatic carbocycles. The van der Waals surface area contributed by atoms with Crippen molar-refractivity contribution in [2.75, 3.05) is 0 Å². The molecule has 0 spiro atoms. The molecule has 20 heavy (non-hydrogen) atoms. The van der Waals surface area contributed by atoms with Crippen molar-refractivity contribution in [1.82, 2.24) is 4.98 Å². The van der Waals surface area contributed by atoms with E-state index in [4.69, 9.17) is 9.84 Å². The van der Waals surface area contributed by atoms with E-state index in [1.165, 1.54) is 36.5 Å². The molecule has 0 aliphatic rings. The SMILES string of the molecule is Cc1ccnc(Oc2cccc(C(=O)O)c2)c1[N+](=O)[O-]. The van der Waals surface area contributed by atoms with Gasteiger partial charge in [0.1, 0.15) is 5.75 Å². The maximum absolute atomic E-state index is 11.0. The van der Waals surface area contributed by atoms with Crippen molar-refractivity contribution in [3.05, 3.63) is 57.8 Å². The lowest BCUT2D eigenvalue weighted by Gasteiger charge is -2.07. The molecular formula is C13H10N2O5. The Morgan fingerprint density at radius 1 is 1.40 bits per heavy atom. The number of hydrogen-bond donors (Lipinski definition) is 1. The molecule has 1 N–H and O–H groups in total. The molecule has 0 radical (unpaired) electrons. The van der Waals surface area contributed by atoms with Crippen LogP contribution in [0.2, 0.25) is 0 Å². The van der Waals surface area contributed by atoms with Gasteiger partial charge in [-0.1, -0.05) is 6.07 Å². The Kier molecular flexibility index (Phi) is 3.60. The first-order valence-corrected chi connectivity index (χ1v) is 5.60. The van der Waals surface area contributed by atoms with Gasteiger partial charge in [-0.2, -0.15) is 0 Å². The van der Waals surface area contributed by atoms with Crippen molar-refractivity contribution in [1.29, 1.82) is 0 Å². The van der Waals surface area contributed by atoms with Crippen LogP contribution in [0.3, 0.4) is 0 Å². The second-order valence-corrected chi connectivity index (χ2v) is 3.97. The number of hydrogen-bond acceptors (Lipinski definition) is 5. The third kappa shape index (κ3) is 2.72. The van der Waals surface area contributed by atoms with Gasteiger partial charge in [-0.05, 0) is 31.2 Å². The number of nitrogens with zero attached hydrogens (tertiary/aromatic N) is 2. The molecule has 1 heterocycles. The Hall–Kier alpha value is -2.96. The molecule has 0 fully saturated rings. The van der Waals surface area contributed by atoms with Gasteiger partial charge in [0.15, 0.2) is 0 Å². The summed E-state index contributed by atoms with van der Waals surface area (Å²) in [6.45, 7) is 1.57. The van der Waals surface area contributed by atoms with E-state index in [2.05, 4.69) is 4.98 Å². The monoisotopic (exact) mass is 274 g/mol. The van der Waals surface area contributed by atoms with E-state index in [-0.39, 0.29) is 22.9 Å². The highest BCUT2D eigenvalue weighted by Gasteiger charge is 2.20. The van der Waals surface area contributed by atoms with Gasteiger partial charge >= 0.3 is 11.7 Å². The fourth-order valence-corrected chi connectivity index (χ4v) is 1.63. The van der Waals surface area contributed by atoms with Crippen LogP contribution in [0.5, 0.6) is 11.6 Å². The topological polar surface area (TPSA) is 103 Å². The third-order valence-electron chi connectivity index (χ3n) is 2.57. The summed E-state index contributed by atoms with van der Waals surface area (Å²) in [7, 11) is 0. The molecule has 0 saturated heterocycles. The van der Waals surface area contributed by atoms with Crippen LogP contribution in [0, 0.1) is 17.0 Å². The molecule has 0 atom stereocenters. The van der Waals surface area contributed by atoms with Crippen molar-refractivity contribution >= 4 is 11.7 Å². The van der Waals surface area contributed by atoms with Crippen molar-refractivity contribution in [2.45, 2.75) is 6.92 Å². The Labute approximate surface area is 113 Å². The number of carboxylic acid groups (broad SMARTS) is 1. The highest BCUT2D eigenvalue weighted by Crippen LogP contribution is 2.31. The van der Waals surface area contributed by atoms with Gasteiger partial charge in [-0.25, -0.2) is 9.78 Å². The van der Waals surface area contributed by atoms with Gasteiger partial charge < -0.3 is 9.84 Å². The van der Waals surface area contributed by atoms with Crippen LogP contribution >= 0.6 is 0 Å². The predicted molar refractivity (Wildman–Crippen MR) is 69.1 cm³/mol. The van der Waals surface area contributed by atoms with Gasteiger partial charge in [0, 0.05) is 11.8 Å². The van der Waals surface area contributed by atoms with Crippen LogP contribution in [0.25, 0.3) is 0 Å². The highest BCUT2D eigenvalue weighted by atomic mass is 16.6. The molecule has 0 saturated carbocycles. The number of nitro groups is 1. The first-order chi connectivity index (χ1) is 9.49. The van der Waals surface area contributed by atoms with Crippen molar-refractivity contribution in [3.63, 3.8) is 0 Å². The van der Waals surface area contributed by atoms with E-state index < -0.39 is 10.9 Å². The fourth-order valence-electron chi connectivity index (χ4n) is 1.63. The number of pyridine rings is 1. The zero-order valence-electron chi connectivity index (χ0n) is 10.4. The van der Waals surface area contributed by atoms with Crippen LogP contribution in [0.1, 0.15) is 15.9 Å². The summed E-state index contributed by atoms with van der Waals surface area (Å²) >= 11 is 0. The lowest BCUT2D eigenvalue weighted by atomic mass is 10.2. The molecule has 0 amide bonds. The Morgan fingerprint density at radius 3 is 2.80 bits per heavy atom. The molecule has 2 rings (SSSR count). The van der Waals surface area contributed by atoms with Gasteiger partial charge in [0.25, 0.3) is 5.88 Å².